The Hall–Kier alpha value is -4.82. The Bertz CT molecular complexity index is 1590. The van der Waals surface area contributed by atoms with Crippen LogP contribution in [0.1, 0.15) is 35.6 Å². The molecule has 0 unspecified atom stereocenters. The molecule has 0 saturated heterocycles. The molecule has 226 valence electrons. The number of halogens is 2. The lowest BCUT2D eigenvalue weighted by atomic mass is 9.84. The smallest absolute Gasteiger partial charge is 0.252 e. The number of benzene rings is 4. The van der Waals surface area contributed by atoms with Gasteiger partial charge in [-0.2, -0.15) is 0 Å². The van der Waals surface area contributed by atoms with Crippen molar-refractivity contribution in [2.75, 3.05) is 19.8 Å². The number of rotatable bonds is 13. The van der Waals surface area contributed by atoms with E-state index < -0.39 is 23.3 Å². The molecule has 1 amide bonds. The Morgan fingerprint density at radius 2 is 1.61 bits per heavy atom. The monoisotopic (exact) mass is 596 g/mol. The second-order valence-corrected chi connectivity index (χ2v) is 10.6. The maximum atomic E-state index is 14.0. The number of aliphatic hydroxyl groups is 1. The second kappa shape index (κ2) is 14.1. The van der Waals surface area contributed by atoms with Gasteiger partial charge in [-0.05, 0) is 65.1 Å². The van der Waals surface area contributed by atoms with Crippen molar-refractivity contribution >= 4 is 11.8 Å². The molecule has 8 heteroatoms. The molecule has 1 aliphatic rings. The first-order chi connectivity index (χ1) is 21.4. The van der Waals surface area contributed by atoms with Gasteiger partial charge in [-0.25, -0.2) is 13.8 Å². The first-order valence-corrected chi connectivity index (χ1v) is 14.5. The number of amides is 1. The van der Waals surface area contributed by atoms with E-state index in [1.807, 2.05) is 66.7 Å². The summed E-state index contributed by atoms with van der Waals surface area (Å²) < 4.78 is 39.5. The predicted octanol–water partition coefficient (Wildman–Crippen LogP) is 6.58. The molecule has 0 aliphatic carbocycles. The highest BCUT2D eigenvalue weighted by Crippen LogP contribution is 2.43. The Morgan fingerprint density at radius 3 is 2.27 bits per heavy atom. The maximum Gasteiger partial charge on any atom is 0.252 e. The van der Waals surface area contributed by atoms with Gasteiger partial charge in [0.2, 0.25) is 5.90 Å². The molecule has 1 aliphatic heterocycles. The zero-order valence-electron chi connectivity index (χ0n) is 24.2. The van der Waals surface area contributed by atoms with Crippen LogP contribution in [0.25, 0.3) is 11.1 Å². The Balaban J connectivity index is 1.44. The number of nitrogens with zero attached hydrogens (tertiary/aromatic N) is 1. The van der Waals surface area contributed by atoms with Crippen LogP contribution in [0.2, 0.25) is 0 Å². The summed E-state index contributed by atoms with van der Waals surface area (Å²) in [6.07, 6.45) is 1.81. The van der Waals surface area contributed by atoms with Crippen molar-refractivity contribution < 1.29 is 28.2 Å². The SMILES string of the molecule is C=CC[C@@]1(C(=O)NCCc2cc(F)cc(F)c2)N=C(c2ccc(OCCCO)cc2)O[C@@H]1c1ccc(-c2ccccc2)cc1. The molecule has 0 fully saturated rings. The third-order valence-corrected chi connectivity index (χ3v) is 7.43. The maximum absolute atomic E-state index is 14.0. The average molecular weight is 597 g/mol. The summed E-state index contributed by atoms with van der Waals surface area (Å²) in [6, 6.07) is 28.3. The molecule has 0 saturated carbocycles. The molecule has 0 spiro atoms. The number of nitrogens with one attached hydrogen (secondary N) is 1. The summed E-state index contributed by atoms with van der Waals surface area (Å²) in [5.74, 6) is -0.787. The van der Waals surface area contributed by atoms with E-state index in [0.717, 1.165) is 22.8 Å². The average Bonchev–Trinajstić information content (AvgIpc) is 3.42. The quantitative estimate of drug-likeness (QED) is 0.135. The third kappa shape index (κ3) is 7.03. The molecular weight excluding hydrogens is 562 g/mol. The summed E-state index contributed by atoms with van der Waals surface area (Å²) >= 11 is 0. The predicted molar refractivity (Wildman–Crippen MR) is 166 cm³/mol. The lowest BCUT2D eigenvalue weighted by Gasteiger charge is -2.30. The molecular formula is C36H34F2N2O4. The van der Waals surface area contributed by atoms with E-state index in [1.165, 1.54) is 12.1 Å². The van der Waals surface area contributed by atoms with Crippen molar-refractivity contribution in [1.29, 1.82) is 0 Å². The highest BCUT2D eigenvalue weighted by atomic mass is 19.1. The van der Waals surface area contributed by atoms with E-state index in [1.54, 1.807) is 18.2 Å². The lowest BCUT2D eigenvalue weighted by molar-refractivity contribution is -0.128. The van der Waals surface area contributed by atoms with Crippen molar-refractivity contribution in [2.45, 2.75) is 30.9 Å². The zero-order chi connectivity index (χ0) is 30.9. The van der Waals surface area contributed by atoms with Crippen LogP contribution >= 0.6 is 0 Å². The highest BCUT2D eigenvalue weighted by Gasteiger charge is 2.52. The van der Waals surface area contributed by atoms with Crippen molar-refractivity contribution in [1.82, 2.24) is 5.32 Å². The Labute approximate surface area is 255 Å². The largest absolute Gasteiger partial charge is 0.494 e. The number of hydrogen-bond acceptors (Lipinski definition) is 5. The van der Waals surface area contributed by atoms with Gasteiger partial charge in [0.15, 0.2) is 11.6 Å². The van der Waals surface area contributed by atoms with Crippen LogP contribution in [0, 0.1) is 11.6 Å². The van der Waals surface area contributed by atoms with Crippen LogP contribution in [0.3, 0.4) is 0 Å². The Kier molecular flexibility index (Phi) is 9.82. The zero-order valence-corrected chi connectivity index (χ0v) is 24.2. The first-order valence-electron chi connectivity index (χ1n) is 14.5. The molecule has 44 heavy (non-hydrogen) atoms. The minimum absolute atomic E-state index is 0.0447. The van der Waals surface area contributed by atoms with Gasteiger partial charge in [0.05, 0.1) is 6.61 Å². The van der Waals surface area contributed by atoms with Gasteiger partial charge in [0.25, 0.3) is 5.91 Å². The minimum atomic E-state index is -1.38. The van der Waals surface area contributed by atoms with Crippen molar-refractivity contribution in [3.05, 3.63) is 138 Å². The van der Waals surface area contributed by atoms with E-state index in [2.05, 4.69) is 11.9 Å². The summed E-state index contributed by atoms with van der Waals surface area (Å²) in [6.45, 7) is 4.48. The van der Waals surface area contributed by atoms with Crippen molar-refractivity contribution in [2.24, 2.45) is 4.99 Å². The van der Waals surface area contributed by atoms with Gasteiger partial charge >= 0.3 is 0 Å². The number of aliphatic imine (C=N–C) groups is 1. The van der Waals surface area contributed by atoms with Crippen molar-refractivity contribution in [3.8, 4) is 16.9 Å². The van der Waals surface area contributed by atoms with Crippen LogP contribution in [-0.4, -0.2) is 42.2 Å². The molecule has 2 atom stereocenters. The standard InChI is InChI=1S/C36H34F2N2O4/c1-2-18-36(35(42)39-19-17-25-22-30(37)24-31(38)23-25)33(28-11-9-27(10-12-28)26-7-4-3-5-8-26)44-34(40-36)29-13-15-32(16-14-29)43-21-6-20-41/h2-5,7-16,22-24,33,41H,1,6,17-21H2,(H,39,42)/t33-,36-/m1/s1. The normalized spacial score (nSPS) is 17.4. The van der Waals surface area contributed by atoms with Gasteiger partial charge < -0.3 is 19.9 Å². The van der Waals surface area contributed by atoms with Crippen LogP contribution in [-0.2, 0) is 16.0 Å². The van der Waals surface area contributed by atoms with Gasteiger partial charge in [0, 0.05) is 37.6 Å². The topological polar surface area (TPSA) is 80.2 Å². The van der Waals surface area contributed by atoms with Gasteiger partial charge in [-0.15, -0.1) is 6.58 Å². The summed E-state index contributed by atoms with van der Waals surface area (Å²) in [5.41, 5.74) is 2.56. The molecule has 1 heterocycles. The van der Waals surface area contributed by atoms with Crippen LogP contribution in [0.4, 0.5) is 8.78 Å². The fourth-order valence-corrected chi connectivity index (χ4v) is 5.24. The minimum Gasteiger partial charge on any atom is -0.494 e. The molecule has 6 nitrogen and oxygen atoms in total. The van der Waals surface area contributed by atoms with E-state index in [0.29, 0.717) is 35.8 Å². The molecule has 0 radical (unpaired) electrons. The highest BCUT2D eigenvalue weighted by molar-refractivity contribution is 6.01. The fraction of sp³-hybridized carbons (Fsp3) is 0.222. The summed E-state index contributed by atoms with van der Waals surface area (Å²) in [4.78, 5) is 18.9. The molecule has 0 bridgehead atoms. The number of ether oxygens (including phenoxy) is 2. The number of carbonyl (C=O) groups excluding carboxylic acids is 1. The number of carbonyl (C=O) groups is 1. The Morgan fingerprint density at radius 1 is 0.955 bits per heavy atom. The van der Waals surface area contributed by atoms with E-state index in [4.69, 9.17) is 19.6 Å². The van der Waals surface area contributed by atoms with Crippen LogP contribution in [0.5, 0.6) is 5.75 Å². The molecule has 0 aromatic heterocycles. The summed E-state index contributed by atoms with van der Waals surface area (Å²) in [7, 11) is 0. The first kappa shape index (κ1) is 30.6. The molecule has 2 N–H and O–H groups in total. The van der Waals surface area contributed by atoms with Gasteiger partial charge in [0.1, 0.15) is 17.4 Å². The number of aliphatic hydroxyl groups excluding tert-OH is 1. The fourth-order valence-electron chi connectivity index (χ4n) is 5.24. The van der Waals surface area contributed by atoms with E-state index in [-0.39, 0.29) is 31.9 Å². The number of hydrogen-bond donors (Lipinski definition) is 2. The van der Waals surface area contributed by atoms with Gasteiger partial charge in [-0.3, -0.25) is 4.79 Å². The van der Waals surface area contributed by atoms with Gasteiger partial charge in [-0.1, -0.05) is 60.7 Å². The summed E-state index contributed by atoms with van der Waals surface area (Å²) in [5, 5.41) is 11.9. The lowest BCUT2D eigenvalue weighted by Crippen LogP contribution is -2.48. The molecule has 4 aromatic carbocycles. The van der Waals surface area contributed by atoms with Crippen LogP contribution < -0.4 is 10.1 Å². The van der Waals surface area contributed by atoms with E-state index >= 15 is 0 Å². The molecule has 4 aromatic rings. The van der Waals surface area contributed by atoms with Crippen molar-refractivity contribution in [3.63, 3.8) is 0 Å². The third-order valence-electron chi connectivity index (χ3n) is 7.43. The van der Waals surface area contributed by atoms with E-state index in [9.17, 15) is 13.6 Å². The second-order valence-electron chi connectivity index (χ2n) is 10.6. The molecule has 5 rings (SSSR count). The van der Waals surface area contributed by atoms with Crippen LogP contribution in [0.15, 0.2) is 115 Å².